The van der Waals surface area contributed by atoms with Gasteiger partial charge in [0.05, 0.1) is 16.1 Å². The number of hydrogen-bond donors (Lipinski definition) is 2. The maximum atomic E-state index is 12.5. The lowest BCUT2D eigenvalue weighted by Crippen LogP contribution is -2.27. The summed E-state index contributed by atoms with van der Waals surface area (Å²) in [5.74, 6) is -0.318. The number of halogens is 2. The van der Waals surface area contributed by atoms with Crippen molar-refractivity contribution in [3.8, 4) is 11.3 Å². The van der Waals surface area contributed by atoms with Gasteiger partial charge in [0.2, 0.25) is 0 Å². The first-order chi connectivity index (χ1) is 11.6. The van der Waals surface area contributed by atoms with E-state index >= 15 is 0 Å². The summed E-state index contributed by atoms with van der Waals surface area (Å²) in [6.45, 7) is 1.86. The summed E-state index contributed by atoms with van der Waals surface area (Å²) >= 11 is 11.9. The maximum absolute atomic E-state index is 12.5. The molecule has 1 unspecified atom stereocenters. The minimum absolute atomic E-state index is 0.244. The quantitative estimate of drug-likeness (QED) is 0.729. The fourth-order valence-corrected chi connectivity index (χ4v) is 2.62. The van der Waals surface area contributed by atoms with Crippen molar-refractivity contribution in [3.63, 3.8) is 0 Å². The van der Waals surface area contributed by atoms with Crippen molar-refractivity contribution < 1.29 is 4.79 Å². The molecule has 3 aromatic rings. The van der Waals surface area contributed by atoms with E-state index in [2.05, 4.69) is 20.7 Å². The van der Waals surface area contributed by atoms with Crippen LogP contribution in [0.3, 0.4) is 0 Å². The van der Waals surface area contributed by atoms with E-state index in [9.17, 15) is 4.79 Å². The molecule has 1 atom stereocenters. The second kappa shape index (κ2) is 7.03. The molecule has 1 amide bonds. The van der Waals surface area contributed by atoms with Gasteiger partial charge >= 0.3 is 0 Å². The topological polar surface area (TPSA) is 70.7 Å². The molecule has 7 heteroatoms. The zero-order valence-corrected chi connectivity index (χ0v) is 14.3. The summed E-state index contributed by atoms with van der Waals surface area (Å²) in [5.41, 5.74) is 2.42. The summed E-state index contributed by atoms with van der Waals surface area (Å²) in [6, 6.07) is 14.4. The van der Waals surface area contributed by atoms with E-state index in [1.54, 1.807) is 12.1 Å². The van der Waals surface area contributed by atoms with Gasteiger partial charge in [-0.25, -0.2) is 0 Å². The van der Waals surface area contributed by atoms with Crippen molar-refractivity contribution in [1.82, 2.24) is 20.7 Å². The molecule has 0 aliphatic heterocycles. The van der Waals surface area contributed by atoms with E-state index in [-0.39, 0.29) is 17.6 Å². The Morgan fingerprint density at radius 3 is 2.54 bits per heavy atom. The highest BCUT2D eigenvalue weighted by Gasteiger charge is 2.20. The molecule has 122 valence electrons. The summed E-state index contributed by atoms with van der Waals surface area (Å²) in [7, 11) is 0. The fraction of sp³-hybridized carbons (Fsp3) is 0.118. The van der Waals surface area contributed by atoms with Crippen LogP contribution in [0.4, 0.5) is 0 Å². The predicted molar refractivity (Wildman–Crippen MR) is 94.2 cm³/mol. The van der Waals surface area contributed by atoms with Crippen molar-refractivity contribution in [2.45, 2.75) is 13.0 Å². The number of aromatic amines is 1. The molecule has 0 fully saturated rings. The van der Waals surface area contributed by atoms with Crippen LogP contribution >= 0.6 is 23.2 Å². The lowest BCUT2D eigenvalue weighted by Gasteiger charge is -2.14. The Bertz CT molecular complexity index is 864. The Balaban J connectivity index is 1.81. The summed E-state index contributed by atoms with van der Waals surface area (Å²) in [4.78, 5) is 12.5. The molecule has 0 radical (unpaired) electrons. The highest BCUT2D eigenvalue weighted by Crippen LogP contribution is 2.26. The number of benzene rings is 2. The zero-order chi connectivity index (χ0) is 17.1. The third-order valence-corrected chi connectivity index (χ3v) is 4.34. The molecule has 0 aliphatic carbocycles. The average molecular weight is 361 g/mol. The third kappa shape index (κ3) is 3.42. The van der Waals surface area contributed by atoms with Crippen LogP contribution in [0.15, 0.2) is 48.5 Å². The molecule has 0 aliphatic rings. The highest BCUT2D eigenvalue weighted by molar-refractivity contribution is 6.42. The lowest BCUT2D eigenvalue weighted by atomic mass is 10.1. The smallest absolute Gasteiger partial charge is 0.274 e. The molecule has 0 saturated heterocycles. The Hall–Kier alpha value is -2.37. The number of hydrogen-bond acceptors (Lipinski definition) is 3. The third-order valence-electron chi connectivity index (χ3n) is 3.60. The molecule has 1 aromatic heterocycles. The van der Waals surface area contributed by atoms with Crippen molar-refractivity contribution in [3.05, 3.63) is 69.8 Å². The number of nitrogens with one attached hydrogen (secondary N) is 2. The number of amides is 1. The van der Waals surface area contributed by atoms with E-state index in [0.717, 1.165) is 11.1 Å². The molecule has 0 bridgehead atoms. The molecule has 1 heterocycles. The molecule has 2 aromatic carbocycles. The van der Waals surface area contributed by atoms with E-state index in [0.29, 0.717) is 15.7 Å². The van der Waals surface area contributed by atoms with Crippen LogP contribution in [0, 0.1) is 0 Å². The van der Waals surface area contributed by atoms with Crippen molar-refractivity contribution in [1.29, 1.82) is 0 Å². The molecular weight excluding hydrogens is 347 g/mol. The number of rotatable bonds is 4. The summed E-state index contributed by atoms with van der Waals surface area (Å²) in [6.07, 6.45) is 0. The first-order valence-electron chi connectivity index (χ1n) is 7.28. The van der Waals surface area contributed by atoms with E-state index in [1.807, 2.05) is 43.3 Å². The molecule has 5 nitrogen and oxygen atoms in total. The van der Waals surface area contributed by atoms with Gasteiger partial charge in [-0.3, -0.25) is 4.79 Å². The number of carbonyl (C=O) groups is 1. The van der Waals surface area contributed by atoms with Crippen molar-refractivity contribution in [2.75, 3.05) is 0 Å². The van der Waals surface area contributed by atoms with Crippen molar-refractivity contribution >= 4 is 29.1 Å². The Kier molecular flexibility index (Phi) is 4.83. The second-order valence-corrected chi connectivity index (χ2v) is 6.07. The van der Waals surface area contributed by atoms with E-state index in [4.69, 9.17) is 23.2 Å². The monoisotopic (exact) mass is 360 g/mol. The van der Waals surface area contributed by atoms with Crippen LogP contribution in [0.25, 0.3) is 11.3 Å². The fourth-order valence-electron chi connectivity index (χ4n) is 2.32. The number of aromatic nitrogens is 3. The van der Waals surface area contributed by atoms with E-state index in [1.165, 1.54) is 0 Å². The standard InChI is InChI=1S/C17H14Cl2N4O/c1-10(12-7-8-13(18)14(19)9-12)20-17(24)16-15(21-23-22-16)11-5-3-2-4-6-11/h2-10H,1H3,(H,20,24)(H,21,22,23). The molecule has 0 spiro atoms. The maximum Gasteiger partial charge on any atom is 0.274 e. The van der Waals surface area contributed by atoms with Gasteiger partial charge in [0.1, 0.15) is 5.69 Å². The predicted octanol–water partition coefficient (Wildman–Crippen LogP) is 4.27. The Morgan fingerprint density at radius 1 is 1.08 bits per heavy atom. The van der Waals surface area contributed by atoms with Crippen LogP contribution in [-0.2, 0) is 0 Å². The summed E-state index contributed by atoms with van der Waals surface area (Å²) < 4.78 is 0. The SMILES string of the molecule is CC(NC(=O)c1n[nH]nc1-c1ccccc1)c1ccc(Cl)c(Cl)c1. The largest absolute Gasteiger partial charge is 0.344 e. The van der Waals surface area contributed by atoms with Gasteiger partial charge in [-0.2, -0.15) is 15.4 Å². The summed E-state index contributed by atoms with van der Waals surface area (Å²) in [5, 5.41) is 14.4. The van der Waals surface area contributed by atoms with Gasteiger partial charge in [-0.15, -0.1) is 0 Å². The van der Waals surface area contributed by atoms with Crippen LogP contribution in [0.5, 0.6) is 0 Å². The first kappa shape index (κ1) is 16.5. The van der Waals surface area contributed by atoms with Gasteiger partial charge in [0.15, 0.2) is 5.69 Å². The first-order valence-corrected chi connectivity index (χ1v) is 8.04. The minimum Gasteiger partial charge on any atom is -0.344 e. The molecule has 0 saturated carbocycles. The van der Waals surface area contributed by atoms with Crippen LogP contribution < -0.4 is 5.32 Å². The average Bonchev–Trinajstić information content (AvgIpc) is 3.08. The Labute approximate surface area is 149 Å². The number of H-pyrrole nitrogens is 1. The molecule has 2 N–H and O–H groups in total. The zero-order valence-electron chi connectivity index (χ0n) is 12.8. The van der Waals surface area contributed by atoms with Crippen LogP contribution in [-0.4, -0.2) is 21.3 Å². The van der Waals surface area contributed by atoms with Gasteiger partial charge < -0.3 is 5.32 Å². The van der Waals surface area contributed by atoms with Crippen LogP contribution in [0.2, 0.25) is 10.0 Å². The lowest BCUT2D eigenvalue weighted by molar-refractivity contribution is 0.0935. The van der Waals surface area contributed by atoms with Gasteiger partial charge in [-0.05, 0) is 24.6 Å². The molecule has 24 heavy (non-hydrogen) atoms. The number of nitrogens with zero attached hydrogens (tertiary/aromatic N) is 2. The number of carbonyl (C=O) groups excluding carboxylic acids is 1. The van der Waals surface area contributed by atoms with Gasteiger partial charge in [0, 0.05) is 5.56 Å². The van der Waals surface area contributed by atoms with Gasteiger partial charge in [0.25, 0.3) is 5.91 Å². The van der Waals surface area contributed by atoms with Crippen LogP contribution in [0.1, 0.15) is 29.0 Å². The highest BCUT2D eigenvalue weighted by atomic mass is 35.5. The Morgan fingerprint density at radius 2 is 1.83 bits per heavy atom. The molecular formula is C17H14Cl2N4O. The minimum atomic E-state index is -0.318. The second-order valence-electron chi connectivity index (χ2n) is 5.26. The normalized spacial score (nSPS) is 12.0. The van der Waals surface area contributed by atoms with E-state index < -0.39 is 0 Å². The van der Waals surface area contributed by atoms with Gasteiger partial charge in [-0.1, -0.05) is 59.6 Å². The van der Waals surface area contributed by atoms with Crippen molar-refractivity contribution in [2.24, 2.45) is 0 Å². The molecule has 3 rings (SSSR count).